The fourth-order valence-corrected chi connectivity index (χ4v) is 0. The molecule has 0 heterocycles. The molecule has 7 nitrogen and oxygen atoms in total. The van der Waals surface area contributed by atoms with Gasteiger partial charge in [-0.2, -0.15) is 0 Å². The zero-order chi connectivity index (χ0) is 8.08. The van der Waals surface area contributed by atoms with Crippen LogP contribution in [0.2, 0.25) is 0 Å². The predicted octanol–water partition coefficient (Wildman–Crippen LogP) is -1.99. The minimum Gasteiger partial charge on any atom is -0.870 e. The normalized spacial score (nSPS) is 7.45. The summed E-state index contributed by atoms with van der Waals surface area (Å²) < 4.78 is 32.8. The van der Waals surface area contributed by atoms with E-state index in [2.05, 4.69) is 23.7 Å². The van der Waals surface area contributed by atoms with Crippen LogP contribution >= 0.6 is 12.2 Å². The van der Waals surface area contributed by atoms with E-state index in [1.165, 1.54) is 0 Å². The van der Waals surface area contributed by atoms with Crippen molar-refractivity contribution in [2.24, 2.45) is 11.5 Å². The van der Waals surface area contributed by atoms with Gasteiger partial charge < -0.3 is 21.5 Å². The van der Waals surface area contributed by atoms with Crippen molar-refractivity contribution in [3.63, 3.8) is 0 Å². The molecule has 10 heteroatoms. The Morgan fingerprint density at radius 3 is 1.45 bits per heavy atom. The van der Waals surface area contributed by atoms with Gasteiger partial charge in [-0.05, 0) is 12.2 Å². The average molecular weight is 256 g/mol. The van der Waals surface area contributed by atoms with E-state index in [1.807, 2.05) is 0 Å². The van der Waals surface area contributed by atoms with Crippen molar-refractivity contribution >= 4 is 27.7 Å². The van der Waals surface area contributed by atoms with Gasteiger partial charge in [0.25, 0.3) is 0 Å². The molecule has 0 saturated carbocycles. The molecule has 0 aromatic carbocycles. The van der Waals surface area contributed by atoms with Gasteiger partial charge in [0, 0.05) is 0 Å². The van der Waals surface area contributed by atoms with E-state index in [4.69, 9.17) is 17.5 Å². The minimum atomic E-state index is -4.92. The Balaban J connectivity index is -0.0000000383. The van der Waals surface area contributed by atoms with Crippen LogP contribution < -0.4 is 11.5 Å². The average Bonchev–Trinajstić information content (AvgIpc) is 1.19. The van der Waals surface area contributed by atoms with Crippen molar-refractivity contribution in [1.29, 1.82) is 0 Å². The van der Waals surface area contributed by atoms with Crippen LogP contribution in [-0.4, -0.2) is 28.1 Å². The van der Waals surface area contributed by atoms with Gasteiger partial charge in [-0.1, -0.05) is 0 Å². The fourth-order valence-electron chi connectivity index (χ4n) is 0. The summed E-state index contributed by atoms with van der Waals surface area (Å²) >= 11 is 4.09. The topological polar surface area (TPSA) is 159 Å². The van der Waals surface area contributed by atoms with Gasteiger partial charge in [-0.25, -0.2) is 8.42 Å². The second kappa shape index (κ2) is 10.1. The molecule has 0 saturated heterocycles. The number of rotatable bonds is 0. The smallest absolute Gasteiger partial charge is 0.870 e. The Hall–Kier alpha value is 0.143. The molecule has 0 unspecified atom stereocenters. The summed E-state index contributed by atoms with van der Waals surface area (Å²) in [6.07, 6.45) is 0. The molecule has 0 fully saturated rings. The second-order valence-corrected chi connectivity index (χ2v) is 2.16. The Morgan fingerprint density at radius 2 is 1.45 bits per heavy atom. The first kappa shape index (κ1) is 22.5. The van der Waals surface area contributed by atoms with Crippen molar-refractivity contribution < 1.29 is 42.5 Å². The van der Waals surface area contributed by atoms with Crippen LogP contribution in [0.1, 0.15) is 0 Å². The molecule has 6 N–H and O–H groups in total. The fraction of sp³-hybridized carbons (Fsp3) is 0. The predicted molar refractivity (Wildman–Crippen MR) is 35.2 cm³/mol. The maximum atomic E-state index is 8.63. The first-order valence-corrected chi connectivity index (χ1v) is 3.24. The number of nitrogens with two attached hydrogens (primary N) is 2. The molecular weight excluding hydrogens is 250 g/mol. The maximum Gasteiger partial charge on any atom is 2.00 e. The molecule has 0 bridgehead atoms. The van der Waals surface area contributed by atoms with Crippen molar-refractivity contribution in [2.75, 3.05) is 0 Å². The Kier molecular flexibility index (Phi) is 20.7. The van der Waals surface area contributed by atoms with Crippen LogP contribution in [0, 0.1) is 0 Å². The standard InChI is InChI=1S/CH4N2S.H2O4S.H2O.Zn/c2-1(3)4;1-5(2,3)4;;/h(H4,2,3,4);(H2,1,2,3,4);1H2;/q;;;+2/p-2. The van der Waals surface area contributed by atoms with Gasteiger partial charge >= 0.3 is 19.5 Å². The molecule has 0 aromatic rings. The molecule has 0 rings (SSSR count). The van der Waals surface area contributed by atoms with Crippen LogP contribution in [0.3, 0.4) is 0 Å². The van der Waals surface area contributed by atoms with Gasteiger partial charge in [0.15, 0.2) is 5.11 Å². The van der Waals surface area contributed by atoms with Gasteiger partial charge in [-0.15, -0.1) is 0 Å². The molecule has 0 atom stereocenters. The molecule has 0 aromatic heterocycles. The summed E-state index contributed by atoms with van der Waals surface area (Å²) in [6.45, 7) is 0. The monoisotopic (exact) mass is 254 g/mol. The Labute approximate surface area is 81.8 Å². The van der Waals surface area contributed by atoms with E-state index in [0.717, 1.165) is 0 Å². The number of hydrogen-bond donors (Lipinski definition) is 3. The molecule has 0 spiro atoms. The van der Waals surface area contributed by atoms with Crippen LogP contribution in [-0.2, 0) is 29.9 Å². The van der Waals surface area contributed by atoms with E-state index >= 15 is 0 Å². The minimum absolute atomic E-state index is 0. The van der Waals surface area contributed by atoms with E-state index in [1.54, 1.807) is 0 Å². The van der Waals surface area contributed by atoms with E-state index in [9.17, 15) is 0 Å². The number of thiocarbonyl (C=S) groups is 1. The number of hydrogen-bond acceptors (Lipinski definition) is 5. The van der Waals surface area contributed by atoms with Gasteiger partial charge in [0.1, 0.15) is 0 Å². The first-order valence-electron chi connectivity index (χ1n) is 1.46. The molecule has 0 aliphatic carbocycles. The molecule has 0 radical (unpaired) electrons. The summed E-state index contributed by atoms with van der Waals surface area (Å²) in [5, 5.41) is 0.000000000000000222. The zero-order valence-electron chi connectivity index (χ0n) is 5.30. The summed E-state index contributed by atoms with van der Waals surface area (Å²) in [6, 6.07) is 0. The van der Waals surface area contributed by atoms with Crippen molar-refractivity contribution in [3.8, 4) is 0 Å². The molecule has 11 heavy (non-hydrogen) atoms. The third-order valence-electron chi connectivity index (χ3n) is 0. The van der Waals surface area contributed by atoms with Crippen LogP contribution in [0.25, 0.3) is 0 Å². The Bertz CT molecular complexity index is 165. The van der Waals surface area contributed by atoms with Crippen LogP contribution in [0.4, 0.5) is 0 Å². The van der Waals surface area contributed by atoms with Gasteiger partial charge in [-0.3, -0.25) is 4.55 Å². The molecule has 0 aliphatic heterocycles. The van der Waals surface area contributed by atoms with Crippen LogP contribution in [0.5, 0.6) is 0 Å². The Morgan fingerprint density at radius 1 is 1.45 bits per heavy atom. The van der Waals surface area contributed by atoms with Gasteiger partial charge in [0.2, 0.25) is 10.4 Å². The molecule has 64 valence electrons. The molecule has 0 amide bonds. The summed E-state index contributed by atoms with van der Waals surface area (Å²) in [5.74, 6) is 0. The van der Waals surface area contributed by atoms with E-state index in [-0.39, 0.29) is 30.1 Å². The zero-order valence-corrected chi connectivity index (χ0v) is 9.90. The van der Waals surface area contributed by atoms with Gasteiger partial charge in [0.05, 0.1) is 0 Å². The molecule has 0 aliphatic rings. The third-order valence-corrected chi connectivity index (χ3v) is 0. The third kappa shape index (κ3) is 32700. The van der Waals surface area contributed by atoms with Crippen molar-refractivity contribution in [3.05, 3.63) is 0 Å². The quantitative estimate of drug-likeness (QED) is 0.194. The summed E-state index contributed by atoms with van der Waals surface area (Å²) in [4.78, 5) is 0. The summed E-state index contributed by atoms with van der Waals surface area (Å²) in [5.41, 5.74) is 9.24. The van der Waals surface area contributed by atoms with Crippen molar-refractivity contribution in [2.45, 2.75) is 0 Å². The van der Waals surface area contributed by atoms with E-state index in [0.29, 0.717) is 0 Å². The largest absolute Gasteiger partial charge is 2.00 e. The SMILES string of the molecule is NC(N)=S.O=S(=O)([O-])O.[OH-].[Zn+2]. The van der Waals surface area contributed by atoms with Crippen LogP contribution in [0.15, 0.2) is 0 Å². The van der Waals surface area contributed by atoms with E-state index < -0.39 is 10.4 Å². The summed E-state index contributed by atoms with van der Waals surface area (Å²) in [7, 11) is -4.92. The maximum absolute atomic E-state index is 8.63. The molecular formula is CH6N2O5S2Zn. The second-order valence-electron chi connectivity index (χ2n) is 0.830. The van der Waals surface area contributed by atoms with Crippen molar-refractivity contribution in [1.82, 2.24) is 0 Å². The first-order chi connectivity index (χ1) is 3.73.